The molecule has 0 atom stereocenters. The van der Waals surface area contributed by atoms with Gasteiger partial charge in [-0.1, -0.05) is 29.8 Å². The van der Waals surface area contributed by atoms with Gasteiger partial charge in [-0.15, -0.1) is 0 Å². The number of para-hydroxylation sites is 1. The summed E-state index contributed by atoms with van der Waals surface area (Å²) in [4.78, 5) is 24.3. The molecule has 1 N–H and O–H groups in total. The lowest BCUT2D eigenvalue weighted by atomic mass is 9.99. The molecule has 7 heteroatoms. The molecule has 0 saturated heterocycles. The number of hydrogen-bond acceptors (Lipinski definition) is 6. The third-order valence-electron chi connectivity index (χ3n) is 6.09. The van der Waals surface area contributed by atoms with E-state index in [4.69, 9.17) is 21.3 Å². The Morgan fingerprint density at radius 2 is 2.06 bits per heavy atom. The molecule has 4 aromatic rings. The smallest absolute Gasteiger partial charge is 0.151 e. The number of ether oxygens (including phenoxy) is 1. The summed E-state index contributed by atoms with van der Waals surface area (Å²) in [6, 6.07) is 17.4. The third-order valence-corrected chi connectivity index (χ3v) is 6.32. The minimum absolute atomic E-state index is 0.125. The summed E-state index contributed by atoms with van der Waals surface area (Å²) in [5, 5.41) is 5.22. The standard InChI is InChI=1S/C27H25ClN4O2/c1-34-26-9-8-19(28)13-18(26)14-21(33)16-32-12-10-25-23(17-32)27(30-20-5-4-11-29-15-20)22-6-2-3-7-24(22)31-25/h2-9,11,13,15H,10,12,14,16-17H2,1H3,(H,30,31). The summed E-state index contributed by atoms with van der Waals surface area (Å²) in [5.74, 6) is 0.805. The van der Waals surface area contributed by atoms with Gasteiger partial charge in [-0.3, -0.25) is 19.7 Å². The number of ketones is 1. The molecule has 6 nitrogen and oxygen atoms in total. The van der Waals surface area contributed by atoms with Gasteiger partial charge in [0.25, 0.3) is 0 Å². The minimum Gasteiger partial charge on any atom is -0.496 e. The number of benzene rings is 2. The average Bonchev–Trinajstić information content (AvgIpc) is 2.85. The molecule has 0 aliphatic carbocycles. The van der Waals surface area contributed by atoms with Crippen LogP contribution in [0, 0.1) is 0 Å². The zero-order chi connectivity index (χ0) is 23.5. The molecule has 0 unspecified atom stereocenters. The van der Waals surface area contributed by atoms with Gasteiger partial charge in [0.2, 0.25) is 0 Å². The molecule has 2 aromatic carbocycles. The molecule has 3 heterocycles. The fraction of sp³-hybridized carbons (Fsp3) is 0.222. The topological polar surface area (TPSA) is 67.3 Å². The Bertz CT molecular complexity index is 1340. The number of Topliss-reactive ketones (excluding diaryl/α,β-unsaturated/α-hetero) is 1. The molecule has 1 aliphatic heterocycles. The van der Waals surface area contributed by atoms with E-state index in [2.05, 4.69) is 21.3 Å². The summed E-state index contributed by atoms with van der Waals surface area (Å²) in [6.07, 6.45) is 4.64. The molecule has 5 rings (SSSR count). The lowest BCUT2D eigenvalue weighted by Crippen LogP contribution is -2.36. The highest BCUT2D eigenvalue weighted by Gasteiger charge is 2.24. The Kier molecular flexibility index (Phi) is 6.43. The normalized spacial score (nSPS) is 13.5. The summed E-state index contributed by atoms with van der Waals surface area (Å²) >= 11 is 6.14. The second-order valence-corrected chi connectivity index (χ2v) is 8.86. The van der Waals surface area contributed by atoms with Gasteiger partial charge in [-0.25, -0.2) is 0 Å². The first-order chi connectivity index (χ1) is 16.6. The molecule has 0 spiro atoms. The van der Waals surface area contributed by atoms with Gasteiger partial charge in [0.05, 0.1) is 36.7 Å². The van der Waals surface area contributed by atoms with Crippen LogP contribution in [0.4, 0.5) is 11.4 Å². The van der Waals surface area contributed by atoms with Crippen molar-refractivity contribution in [1.82, 2.24) is 14.9 Å². The fourth-order valence-corrected chi connectivity index (χ4v) is 4.70. The zero-order valence-electron chi connectivity index (χ0n) is 18.9. The molecule has 1 aliphatic rings. The molecule has 34 heavy (non-hydrogen) atoms. The molecule has 172 valence electrons. The number of pyridine rings is 2. The molecule has 0 radical (unpaired) electrons. The number of nitrogens with one attached hydrogen (secondary N) is 1. The van der Waals surface area contributed by atoms with E-state index in [9.17, 15) is 4.79 Å². The number of fused-ring (bicyclic) bond motifs is 2. The van der Waals surface area contributed by atoms with E-state index in [1.165, 1.54) is 0 Å². The Hall–Kier alpha value is -3.48. The number of carbonyl (C=O) groups excluding carboxylic acids is 1. The van der Waals surface area contributed by atoms with Gasteiger partial charge in [0, 0.05) is 59.4 Å². The quantitative estimate of drug-likeness (QED) is 0.398. The molecule has 0 bridgehead atoms. The summed E-state index contributed by atoms with van der Waals surface area (Å²) in [5.41, 5.74) is 5.92. The van der Waals surface area contributed by atoms with Crippen LogP contribution in [0.5, 0.6) is 5.75 Å². The minimum atomic E-state index is 0.125. The van der Waals surface area contributed by atoms with Gasteiger partial charge in [0.15, 0.2) is 5.78 Å². The second kappa shape index (κ2) is 9.79. The number of nitrogens with zero attached hydrogens (tertiary/aromatic N) is 3. The number of rotatable bonds is 7. The summed E-state index contributed by atoms with van der Waals surface area (Å²) < 4.78 is 5.40. The lowest BCUT2D eigenvalue weighted by Gasteiger charge is -2.30. The van der Waals surface area contributed by atoms with Gasteiger partial charge in [0.1, 0.15) is 5.75 Å². The van der Waals surface area contributed by atoms with Crippen LogP contribution in [0.15, 0.2) is 67.0 Å². The zero-order valence-corrected chi connectivity index (χ0v) is 19.7. The molecule has 0 saturated carbocycles. The van der Waals surface area contributed by atoms with Crippen LogP contribution < -0.4 is 10.1 Å². The monoisotopic (exact) mass is 472 g/mol. The van der Waals surface area contributed by atoms with Crippen molar-refractivity contribution in [2.45, 2.75) is 19.4 Å². The molecule has 0 fully saturated rings. The molecule has 2 aromatic heterocycles. The Morgan fingerprint density at radius 3 is 2.88 bits per heavy atom. The third kappa shape index (κ3) is 4.74. The van der Waals surface area contributed by atoms with Crippen LogP contribution in [0.2, 0.25) is 5.02 Å². The van der Waals surface area contributed by atoms with Crippen molar-refractivity contribution < 1.29 is 9.53 Å². The van der Waals surface area contributed by atoms with Crippen LogP contribution in [0.25, 0.3) is 10.9 Å². The first kappa shape index (κ1) is 22.3. The number of anilines is 2. The van der Waals surface area contributed by atoms with Gasteiger partial charge < -0.3 is 10.1 Å². The van der Waals surface area contributed by atoms with Crippen molar-refractivity contribution in [3.8, 4) is 5.75 Å². The number of aromatic nitrogens is 2. The van der Waals surface area contributed by atoms with Crippen LogP contribution >= 0.6 is 11.6 Å². The lowest BCUT2D eigenvalue weighted by molar-refractivity contribution is -0.119. The van der Waals surface area contributed by atoms with E-state index in [-0.39, 0.29) is 12.2 Å². The van der Waals surface area contributed by atoms with Crippen LogP contribution in [0.3, 0.4) is 0 Å². The van der Waals surface area contributed by atoms with E-state index >= 15 is 0 Å². The maximum absolute atomic E-state index is 13.0. The van der Waals surface area contributed by atoms with Gasteiger partial charge in [-0.05, 0) is 36.4 Å². The van der Waals surface area contributed by atoms with Crippen molar-refractivity contribution in [3.05, 3.63) is 88.8 Å². The van der Waals surface area contributed by atoms with Crippen molar-refractivity contribution in [1.29, 1.82) is 0 Å². The SMILES string of the molecule is COc1ccc(Cl)cc1CC(=O)CN1CCc2nc3ccccc3c(Nc3cccnc3)c2C1. The van der Waals surface area contributed by atoms with E-state index in [1.807, 2.05) is 36.5 Å². The van der Waals surface area contributed by atoms with Crippen LogP contribution in [0.1, 0.15) is 16.8 Å². The van der Waals surface area contributed by atoms with Crippen LogP contribution in [-0.4, -0.2) is 40.9 Å². The second-order valence-electron chi connectivity index (χ2n) is 8.43. The highest BCUT2D eigenvalue weighted by Crippen LogP contribution is 2.34. The van der Waals surface area contributed by atoms with E-state index in [0.717, 1.165) is 52.1 Å². The highest BCUT2D eigenvalue weighted by molar-refractivity contribution is 6.30. The predicted octanol–water partition coefficient (Wildman–Crippen LogP) is 5.21. The highest BCUT2D eigenvalue weighted by atomic mass is 35.5. The average molecular weight is 473 g/mol. The molecular formula is C27H25ClN4O2. The predicted molar refractivity (Wildman–Crippen MR) is 135 cm³/mol. The Morgan fingerprint density at radius 1 is 1.18 bits per heavy atom. The van der Waals surface area contributed by atoms with E-state index in [1.54, 1.807) is 31.5 Å². The van der Waals surface area contributed by atoms with Gasteiger partial charge in [-0.2, -0.15) is 0 Å². The maximum Gasteiger partial charge on any atom is 0.151 e. The first-order valence-electron chi connectivity index (χ1n) is 11.2. The van der Waals surface area contributed by atoms with E-state index < -0.39 is 0 Å². The fourth-order valence-electron chi connectivity index (χ4n) is 4.51. The van der Waals surface area contributed by atoms with Crippen LogP contribution in [-0.2, 0) is 24.2 Å². The van der Waals surface area contributed by atoms with Gasteiger partial charge >= 0.3 is 0 Å². The summed E-state index contributed by atoms with van der Waals surface area (Å²) in [6.45, 7) is 1.78. The molecule has 0 amide bonds. The number of carbonyl (C=O) groups is 1. The van der Waals surface area contributed by atoms with Crippen molar-refractivity contribution in [2.24, 2.45) is 0 Å². The molecular weight excluding hydrogens is 448 g/mol. The largest absolute Gasteiger partial charge is 0.496 e. The Balaban J connectivity index is 1.40. The van der Waals surface area contributed by atoms with Crippen molar-refractivity contribution >= 4 is 39.7 Å². The number of hydrogen-bond donors (Lipinski definition) is 1. The summed E-state index contributed by atoms with van der Waals surface area (Å²) in [7, 11) is 1.60. The Labute approximate surface area is 203 Å². The maximum atomic E-state index is 13.0. The van der Waals surface area contributed by atoms with E-state index in [0.29, 0.717) is 23.9 Å². The first-order valence-corrected chi connectivity index (χ1v) is 11.6. The van der Waals surface area contributed by atoms with Crippen molar-refractivity contribution in [3.63, 3.8) is 0 Å². The number of halogens is 1. The number of methoxy groups -OCH3 is 1. The van der Waals surface area contributed by atoms with Crippen molar-refractivity contribution in [2.75, 3.05) is 25.5 Å².